The Kier molecular flexibility index (Phi) is 4.62. The highest BCUT2D eigenvalue weighted by molar-refractivity contribution is 6.50. The van der Waals surface area contributed by atoms with E-state index >= 15 is 0 Å². The molecule has 0 saturated heterocycles. The molecule has 0 fully saturated rings. The van der Waals surface area contributed by atoms with Crippen LogP contribution in [0, 0.1) is 0 Å². The molecule has 7 heteroatoms. The lowest BCUT2D eigenvalue weighted by molar-refractivity contribution is -0.135. The molecule has 0 bridgehead atoms. The van der Waals surface area contributed by atoms with Gasteiger partial charge in [-0.2, -0.15) is 10.1 Å². The third kappa shape index (κ3) is 3.29. The Hall–Kier alpha value is -5.30. The number of carbonyl (C=O) groups excluding carboxylic acids is 2. The van der Waals surface area contributed by atoms with E-state index < -0.39 is 11.8 Å². The zero-order chi connectivity index (χ0) is 24.9. The predicted molar refractivity (Wildman–Crippen MR) is 145 cm³/mol. The number of imide groups is 1. The molecule has 4 heterocycles. The van der Waals surface area contributed by atoms with Gasteiger partial charge in [-0.3, -0.25) is 14.6 Å². The van der Waals surface area contributed by atoms with Crippen LogP contribution in [0.4, 0.5) is 0 Å². The highest BCUT2D eigenvalue weighted by Gasteiger charge is 2.41. The number of hydrogen-bond donors (Lipinski definition) is 2. The number of pyridine rings is 1. The Bertz CT molecular complexity index is 1850. The molecule has 0 aliphatic carbocycles. The lowest BCUT2D eigenvalue weighted by atomic mass is 9.95. The summed E-state index contributed by atoms with van der Waals surface area (Å²) in [5.41, 5.74) is 5.28. The normalized spacial score (nSPS) is 14.3. The first-order valence-electron chi connectivity index (χ1n) is 11.8. The van der Waals surface area contributed by atoms with Gasteiger partial charge in [0.15, 0.2) is 0 Å². The molecule has 3 aromatic carbocycles. The predicted octanol–water partition coefficient (Wildman–Crippen LogP) is 5.51. The van der Waals surface area contributed by atoms with Crippen LogP contribution in [0.5, 0.6) is 0 Å². The lowest BCUT2D eigenvalue weighted by Gasteiger charge is -2.08. The van der Waals surface area contributed by atoms with Crippen LogP contribution in [-0.2, 0) is 9.59 Å². The van der Waals surface area contributed by atoms with Crippen LogP contribution < -0.4 is 0 Å². The van der Waals surface area contributed by atoms with Crippen molar-refractivity contribution in [2.75, 3.05) is 0 Å². The number of hydrazone groups is 1. The average molecular weight is 482 g/mol. The summed E-state index contributed by atoms with van der Waals surface area (Å²) in [6.07, 6.45) is 6.73. The van der Waals surface area contributed by atoms with Gasteiger partial charge in [0.25, 0.3) is 11.8 Å². The zero-order valence-corrected chi connectivity index (χ0v) is 19.5. The molecule has 0 radical (unpaired) electrons. The highest BCUT2D eigenvalue weighted by Crippen LogP contribution is 2.40. The summed E-state index contributed by atoms with van der Waals surface area (Å²) >= 11 is 0. The van der Waals surface area contributed by atoms with Crippen LogP contribution >= 0.6 is 0 Å². The van der Waals surface area contributed by atoms with Crippen molar-refractivity contribution >= 4 is 61.9 Å². The molecular weight excluding hydrogens is 462 g/mol. The summed E-state index contributed by atoms with van der Waals surface area (Å²) in [5, 5.41) is 7.97. The molecule has 7 nitrogen and oxygen atoms in total. The van der Waals surface area contributed by atoms with Crippen molar-refractivity contribution in [3.05, 3.63) is 114 Å². The van der Waals surface area contributed by atoms with Gasteiger partial charge in [0.2, 0.25) is 0 Å². The molecule has 37 heavy (non-hydrogen) atoms. The average Bonchev–Trinajstić information content (AvgIpc) is 3.61. The number of para-hydroxylation sites is 3. The van der Waals surface area contributed by atoms with E-state index in [1.54, 1.807) is 18.6 Å². The SMILES string of the molecule is O=C1C(c2c[nH]c3ccccc23)=C(c2c[nH]c3ccccc23)C(=O)N1/N=C/c1cnc2ccccc2c1. The van der Waals surface area contributed by atoms with E-state index in [0.29, 0.717) is 27.8 Å². The first kappa shape index (κ1) is 21.0. The number of nitrogens with zero attached hydrogens (tertiary/aromatic N) is 3. The van der Waals surface area contributed by atoms with E-state index in [2.05, 4.69) is 20.1 Å². The molecular formula is C30H19N5O2. The fraction of sp³-hybridized carbons (Fsp3) is 0. The van der Waals surface area contributed by atoms with Gasteiger partial charge >= 0.3 is 0 Å². The third-order valence-electron chi connectivity index (χ3n) is 6.71. The number of rotatable bonds is 4. The maximum absolute atomic E-state index is 13.8. The third-order valence-corrected chi connectivity index (χ3v) is 6.71. The minimum atomic E-state index is -0.472. The quantitative estimate of drug-likeness (QED) is 0.257. The Balaban J connectivity index is 1.38. The number of fused-ring (bicyclic) bond motifs is 3. The maximum atomic E-state index is 13.8. The van der Waals surface area contributed by atoms with Gasteiger partial charge < -0.3 is 9.97 Å². The second kappa shape index (κ2) is 8.13. The van der Waals surface area contributed by atoms with Gasteiger partial charge in [0.1, 0.15) is 0 Å². The van der Waals surface area contributed by atoms with Crippen LogP contribution in [0.2, 0.25) is 0 Å². The summed E-state index contributed by atoms with van der Waals surface area (Å²) in [5.74, 6) is -0.944. The molecule has 0 atom stereocenters. The van der Waals surface area contributed by atoms with Crippen molar-refractivity contribution in [1.29, 1.82) is 0 Å². The van der Waals surface area contributed by atoms with Gasteiger partial charge in [-0.1, -0.05) is 54.6 Å². The Morgan fingerprint density at radius 3 is 1.95 bits per heavy atom. The van der Waals surface area contributed by atoms with E-state index in [1.165, 1.54) is 6.21 Å². The van der Waals surface area contributed by atoms with E-state index in [1.807, 2.05) is 78.9 Å². The Labute approximate surface area is 210 Å². The number of hydrogen-bond acceptors (Lipinski definition) is 4. The van der Waals surface area contributed by atoms with Gasteiger partial charge in [0, 0.05) is 62.5 Å². The standard InChI is InChI=1S/C30H19N5O2/c36-29-27(22-16-32-25-11-5-2-8-20(22)25)28(23-17-33-26-12-6-3-9-21(23)26)30(37)35(29)34-15-18-13-19-7-1-4-10-24(19)31-14-18/h1-17,32-33H/b34-15+. The van der Waals surface area contributed by atoms with Crippen molar-refractivity contribution in [2.45, 2.75) is 0 Å². The summed E-state index contributed by atoms with van der Waals surface area (Å²) < 4.78 is 0. The van der Waals surface area contributed by atoms with E-state index in [0.717, 1.165) is 37.7 Å². The van der Waals surface area contributed by atoms with Crippen molar-refractivity contribution in [2.24, 2.45) is 5.10 Å². The molecule has 1 aliphatic rings. The maximum Gasteiger partial charge on any atom is 0.283 e. The van der Waals surface area contributed by atoms with E-state index in [9.17, 15) is 9.59 Å². The number of amides is 2. The molecule has 0 saturated carbocycles. The summed E-state index contributed by atoms with van der Waals surface area (Å²) in [7, 11) is 0. The first-order chi connectivity index (χ1) is 18.2. The molecule has 3 aromatic heterocycles. The molecule has 176 valence electrons. The number of benzene rings is 3. The van der Waals surface area contributed by atoms with Gasteiger partial charge in [-0.25, -0.2) is 0 Å². The molecule has 2 amide bonds. The molecule has 7 rings (SSSR count). The number of nitrogens with one attached hydrogen (secondary N) is 2. The molecule has 0 unspecified atom stereocenters. The first-order valence-corrected chi connectivity index (χ1v) is 11.8. The van der Waals surface area contributed by atoms with Crippen molar-refractivity contribution < 1.29 is 9.59 Å². The summed E-state index contributed by atoms with van der Waals surface area (Å²) in [4.78, 5) is 38.5. The fourth-order valence-corrected chi connectivity index (χ4v) is 4.96. The molecule has 1 aliphatic heterocycles. The topological polar surface area (TPSA) is 94.2 Å². The van der Waals surface area contributed by atoms with Gasteiger partial charge in [-0.15, -0.1) is 0 Å². The molecule has 2 N–H and O–H groups in total. The highest BCUT2D eigenvalue weighted by atomic mass is 16.2. The van der Waals surface area contributed by atoms with Gasteiger partial charge in [0.05, 0.1) is 22.9 Å². The number of aromatic nitrogens is 3. The lowest BCUT2D eigenvalue weighted by Crippen LogP contribution is -2.26. The number of H-pyrrole nitrogens is 2. The van der Waals surface area contributed by atoms with Crippen LogP contribution in [0.1, 0.15) is 16.7 Å². The van der Waals surface area contributed by atoms with Crippen LogP contribution in [-0.4, -0.2) is 38.0 Å². The van der Waals surface area contributed by atoms with E-state index in [4.69, 9.17) is 0 Å². The van der Waals surface area contributed by atoms with Crippen LogP contribution in [0.15, 0.2) is 103 Å². The largest absolute Gasteiger partial charge is 0.361 e. The number of aromatic amines is 2. The fourth-order valence-electron chi connectivity index (χ4n) is 4.96. The second-order valence-electron chi connectivity index (χ2n) is 8.87. The summed E-state index contributed by atoms with van der Waals surface area (Å²) in [6, 6.07) is 25.1. The van der Waals surface area contributed by atoms with Crippen molar-refractivity contribution in [1.82, 2.24) is 20.0 Å². The molecule has 0 spiro atoms. The van der Waals surface area contributed by atoms with E-state index in [-0.39, 0.29) is 0 Å². The van der Waals surface area contributed by atoms with Crippen molar-refractivity contribution in [3.8, 4) is 0 Å². The summed E-state index contributed by atoms with van der Waals surface area (Å²) in [6.45, 7) is 0. The monoisotopic (exact) mass is 481 g/mol. The van der Waals surface area contributed by atoms with Crippen LogP contribution in [0.25, 0.3) is 43.9 Å². The molecule has 6 aromatic rings. The second-order valence-corrected chi connectivity index (χ2v) is 8.87. The Morgan fingerprint density at radius 2 is 1.30 bits per heavy atom. The van der Waals surface area contributed by atoms with Crippen molar-refractivity contribution in [3.63, 3.8) is 0 Å². The van der Waals surface area contributed by atoms with Gasteiger partial charge in [-0.05, 0) is 24.3 Å². The number of carbonyl (C=O) groups is 2. The smallest absolute Gasteiger partial charge is 0.283 e. The zero-order valence-electron chi connectivity index (χ0n) is 19.5. The Morgan fingerprint density at radius 1 is 0.730 bits per heavy atom. The minimum Gasteiger partial charge on any atom is -0.361 e. The van der Waals surface area contributed by atoms with Crippen LogP contribution in [0.3, 0.4) is 0 Å². The minimum absolute atomic E-state index is 0.320.